The van der Waals surface area contributed by atoms with Crippen LogP contribution in [0.1, 0.15) is 81.3 Å². The first-order valence-electron chi connectivity index (χ1n) is 17.0. The number of benzene rings is 4. The van der Waals surface area contributed by atoms with Gasteiger partial charge in [-0.15, -0.1) is 0 Å². The van der Waals surface area contributed by atoms with Gasteiger partial charge in [0.1, 0.15) is 5.75 Å². The van der Waals surface area contributed by atoms with Crippen molar-refractivity contribution in [1.82, 2.24) is 4.90 Å². The van der Waals surface area contributed by atoms with Crippen LogP contribution in [0.5, 0.6) is 5.75 Å². The van der Waals surface area contributed by atoms with Crippen LogP contribution in [-0.4, -0.2) is 48.5 Å². The Morgan fingerprint density at radius 2 is 1.45 bits per heavy atom. The molecule has 244 valence electrons. The van der Waals surface area contributed by atoms with Gasteiger partial charge in [-0.3, -0.25) is 9.59 Å². The fourth-order valence-corrected chi connectivity index (χ4v) is 7.73. The minimum absolute atomic E-state index is 0.0160. The van der Waals surface area contributed by atoms with Gasteiger partial charge in [-0.2, -0.15) is 0 Å². The highest BCUT2D eigenvalue weighted by Gasteiger charge is 2.47. The molecule has 0 bridgehead atoms. The predicted molar refractivity (Wildman–Crippen MR) is 191 cm³/mol. The lowest BCUT2D eigenvalue weighted by molar-refractivity contribution is -0.117. The molecule has 4 aromatic rings. The SMILES string of the molecule is CC(=O)N1c2cc(OCCCN3CCCCC3)c(NC(=O)c3ccc(-c4ccccc4)cc3)cc2C(C)(c2ccccc2)CC1(C)C. The Morgan fingerprint density at radius 3 is 2.11 bits per heavy atom. The summed E-state index contributed by atoms with van der Waals surface area (Å²) < 4.78 is 6.50. The number of hydrogen-bond donors (Lipinski definition) is 1. The summed E-state index contributed by atoms with van der Waals surface area (Å²) in [5.74, 6) is 0.359. The van der Waals surface area contributed by atoms with Crippen molar-refractivity contribution >= 4 is 23.2 Å². The average Bonchev–Trinajstić information content (AvgIpc) is 3.08. The van der Waals surface area contributed by atoms with Gasteiger partial charge in [-0.25, -0.2) is 0 Å². The molecule has 0 aromatic heterocycles. The lowest BCUT2D eigenvalue weighted by atomic mass is 9.65. The molecule has 6 nitrogen and oxygen atoms in total. The monoisotopic (exact) mass is 629 g/mol. The summed E-state index contributed by atoms with van der Waals surface area (Å²) in [6, 6.07) is 32.3. The van der Waals surface area contributed by atoms with Crippen molar-refractivity contribution in [2.45, 2.75) is 70.8 Å². The summed E-state index contributed by atoms with van der Waals surface area (Å²) >= 11 is 0. The topological polar surface area (TPSA) is 61.9 Å². The first-order valence-corrected chi connectivity index (χ1v) is 17.0. The lowest BCUT2D eigenvalue weighted by Crippen LogP contribution is -2.55. The molecule has 47 heavy (non-hydrogen) atoms. The van der Waals surface area contributed by atoms with E-state index in [-0.39, 0.29) is 11.8 Å². The maximum Gasteiger partial charge on any atom is 0.255 e. The summed E-state index contributed by atoms with van der Waals surface area (Å²) in [6.45, 7) is 11.9. The zero-order valence-electron chi connectivity index (χ0n) is 28.2. The molecule has 0 saturated carbocycles. The van der Waals surface area contributed by atoms with Crippen molar-refractivity contribution in [2.24, 2.45) is 0 Å². The third-order valence-corrected chi connectivity index (χ3v) is 9.88. The molecule has 1 N–H and O–H groups in total. The summed E-state index contributed by atoms with van der Waals surface area (Å²) in [5.41, 5.74) is 5.48. The van der Waals surface area contributed by atoms with Crippen LogP contribution < -0.4 is 15.0 Å². The molecule has 6 heteroatoms. The molecule has 6 rings (SSSR count). The largest absolute Gasteiger partial charge is 0.491 e. The Kier molecular flexibility index (Phi) is 9.51. The maximum atomic E-state index is 13.8. The van der Waals surface area contributed by atoms with Gasteiger partial charge in [0, 0.05) is 36.1 Å². The number of piperidine rings is 1. The maximum absolute atomic E-state index is 13.8. The number of nitrogens with one attached hydrogen (secondary N) is 1. The third kappa shape index (κ3) is 6.98. The van der Waals surface area contributed by atoms with Crippen molar-refractivity contribution in [3.63, 3.8) is 0 Å². The summed E-state index contributed by atoms with van der Waals surface area (Å²) in [7, 11) is 0. The highest BCUT2D eigenvalue weighted by molar-refractivity contribution is 6.06. The number of carbonyl (C=O) groups excluding carboxylic acids is 2. The van der Waals surface area contributed by atoms with Crippen LogP contribution in [0, 0.1) is 0 Å². The molecule has 1 atom stereocenters. The van der Waals surface area contributed by atoms with E-state index in [0.29, 0.717) is 23.6 Å². The van der Waals surface area contributed by atoms with Crippen LogP contribution in [0.4, 0.5) is 11.4 Å². The van der Waals surface area contributed by atoms with E-state index < -0.39 is 11.0 Å². The molecule has 2 aliphatic rings. The van der Waals surface area contributed by atoms with E-state index in [4.69, 9.17) is 4.74 Å². The highest BCUT2D eigenvalue weighted by atomic mass is 16.5. The second kappa shape index (κ2) is 13.7. The smallest absolute Gasteiger partial charge is 0.255 e. The Bertz CT molecular complexity index is 1700. The van der Waals surface area contributed by atoms with E-state index in [1.165, 1.54) is 24.8 Å². The van der Waals surface area contributed by atoms with Crippen LogP contribution in [0.15, 0.2) is 97.1 Å². The number of anilines is 2. The van der Waals surface area contributed by atoms with E-state index in [2.05, 4.69) is 67.4 Å². The number of fused-ring (bicyclic) bond motifs is 1. The number of ether oxygens (including phenoxy) is 1. The van der Waals surface area contributed by atoms with E-state index >= 15 is 0 Å². The standard InChI is InChI=1S/C41H47N3O3/c1-30(45)44-37-28-38(47-26-14-25-43-23-12-7-13-24-43)36(27-35(37)41(4,29-40(44,2)3)34-17-10-6-11-18-34)42-39(46)33-21-19-32(20-22-33)31-15-8-5-9-16-31/h5-6,8-11,15-22,27-28H,7,12-14,23-26,29H2,1-4H3,(H,42,46). The van der Waals surface area contributed by atoms with E-state index in [1.807, 2.05) is 65.6 Å². The summed E-state index contributed by atoms with van der Waals surface area (Å²) in [5, 5.41) is 3.20. The van der Waals surface area contributed by atoms with Gasteiger partial charge >= 0.3 is 0 Å². The Hall–Kier alpha value is -4.42. The second-order valence-electron chi connectivity index (χ2n) is 13.9. The zero-order chi connectivity index (χ0) is 33.0. The number of rotatable bonds is 9. The number of nitrogens with zero attached hydrogens (tertiary/aromatic N) is 2. The Labute approximate surface area is 279 Å². The fraction of sp³-hybridized carbons (Fsp3) is 0.366. The summed E-state index contributed by atoms with van der Waals surface area (Å²) in [4.78, 5) is 31.5. The van der Waals surface area contributed by atoms with Crippen LogP contribution >= 0.6 is 0 Å². The number of carbonyl (C=O) groups is 2. The third-order valence-electron chi connectivity index (χ3n) is 9.88. The quantitative estimate of drug-likeness (QED) is 0.188. The van der Waals surface area contributed by atoms with Gasteiger partial charge in [0.05, 0.1) is 18.0 Å². The van der Waals surface area contributed by atoms with Crippen molar-refractivity contribution in [3.8, 4) is 16.9 Å². The fourth-order valence-electron chi connectivity index (χ4n) is 7.73. The molecule has 2 aliphatic heterocycles. The van der Waals surface area contributed by atoms with Gasteiger partial charge in [0.15, 0.2) is 0 Å². The first-order chi connectivity index (χ1) is 22.7. The molecular formula is C41H47N3O3. The highest BCUT2D eigenvalue weighted by Crippen LogP contribution is 2.53. The molecule has 0 spiro atoms. The van der Waals surface area contributed by atoms with Crippen molar-refractivity contribution in [3.05, 3.63) is 114 Å². The van der Waals surface area contributed by atoms with Crippen molar-refractivity contribution in [1.29, 1.82) is 0 Å². The van der Waals surface area contributed by atoms with Crippen LogP contribution in [-0.2, 0) is 10.2 Å². The summed E-state index contributed by atoms with van der Waals surface area (Å²) in [6.07, 6.45) is 5.43. The zero-order valence-corrected chi connectivity index (χ0v) is 28.2. The minimum Gasteiger partial charge on any atom is -0.491 e. The van der Waals surface area contributed by atoms with Crippen molar-refractivity contribution < 1.29 is 14.3 Å². The van der Waals surface area contributed by atoms with Crippen LogP contribution in [0.2, 0.25) is 0 Å². The number of hydrogen-bond acceptors (Lipinski definition) is 4. The van der Waals surface area contributed by atoms with Crippen LogP contribution in [0.3, 0.4) is 0 Å². The first kappa shape index (κ1) is 32.5. The molecule has 2 amide bonds. The molecule has 0 radical (unpaired) electrons. The lowest BCUT2D eigenvalue weighted by Gasteiger charge is -2.51. The van der Waals surface area contributed by atoms with Gasteiger partial charge in [0.25, 0.3) is 5.91 Å². The Balaban J connectivity index is 1.36. The molecular weight excluding hydrogens is 582 g/mol. The minimum atomic E-state index is -0.444. The predicted octanol–water partition coefficient (Wildman–Crippen LogP) is 8.70. The van der Waals surface area contributed by atoms with Crippen LogP contribution in [0.25, 0.3) is 11.1 Å². The molecule has 0 aliphatic carbocycles. The van der Waals surface area contributed by atoms with Gasteiger partial charge in [-0.05, 0) is 93.1 Å². The average molecular weight is 630 g/mol. The van der Waals surface area contributed by atoms with Gasteiger partial charge in [0.2, 0.25) is 5.91 Å². The van der Waals surface area contributed by atoms with Gasteiger partial charge < -0.3 is 19.9 Å². The van der Waals surface area contributed by atoms with E-state index in [9.17, 15) is 9.59 Å². The molecule has 2 heterocycles. The van der Waals surface area contributed by atoms with Gasteiger partial charge in [-0.1, -0.05) is 86.1 Å². The van der Waals surface area contributed by atoms with Crippen molar-refractivity contribution in [2.75, 3.05) is 36.5 Å². The molecule has 1 fully saturated rings. The van der Waals surface area contributed by atoms with E-state index in [0.717, 1.165) is 54.9 Å². The molecule has 1 unspecified atom stereocenters. The number of likely N-dealkylation sites (tertiary alicyclic amines) is 1. The number of amides is 2. The molecule has 4 aromatic carbocycles. The van der Waals surface area contributed by atoms with E-state index in [1.54, 1.807) is 6.92 Å². The molecule has 1 saturated heterocycles. The second-order valence-corrected chi connectivity index (χ2v) is 13.9. The normalized spacial score (nSPS) is 19.1. The Morgan fingerprint density at radius 1 is 0.809 bits per heavy atom.